The minimum absolute atomic E-state index is 0. The molecule has 0 saturated carbocycles. The lowest BCUT2D eigenvalue weighted by atomic mass is 10.0. The van der Waals surface area contributed by atoms with Gasteiger partial charge in [-0.1, -0.05) is 61.5 Å². The van der Waals surface area contributed by atoms with E-state index in [-0.39, 0.29) is 36.3 Å². The lowest BCUT2D eigenvalue weighted by molar-refractivity contribution is -0.133. The molecule has 1 N–H and O–H groups in total. The van der Waals surface area contributed by atoms with Crippen molar-refractivity contribution in [2.45, 2.75) is 31.6 Å². The number of ether oxygens (including phenoxy) is 2. The van der Waals surface area contributed by atoms with E-state index in [0.29, 0.717) is 13.2 Å². The second-order valence-electron chi connectivity index (χ2n) is 7.55. The molecule has 2 aromatic carbocycles. The van der Waals surface area contributed by atoms with Crippen LogP contribution in [0.2, 0.25) is 0 Å². The average molecular weight is 440 g/mol. The van der Waals surface area contributed by atoms with Crippen LogP contribution in [0.5, 0.6) is 0 Å². The molecular formula is C22H30ClNO4S. The number of halogens is 1. The second-order valence-corrected chi connectivity index (χ2v) is 9.74. The molecule has 1 saturated heterocycles. The van der Waals surface area contributed by atoms with Crippen molar-refractivity contribution in [2.75, 3.05) is 31.8 Å². The molecule has 3 atom stereocenters. The zero-order valence-corrected chi connectivity index (χ0v) is 18.5. The standard InChI is InChI=1S/C22H29NO4S.ClH/c1-17(16-28(2,24)25)19-10-8-18(9-11-19)12-23-13-21-14-27-22(15-26-21)20-6-4-3-5-7-20;/h3-11,17,21-23H,12-16H2,1-2H3;1H/t17-,21?,22?;/m0./s1. The first-order valence-corrected chi connectivity index (χ1v) is 11.7. The summed E-state index contributed by atoms with van der Waals surface area (Å²) in [7, 11) is -2.97. The van der Waals surface area contributed by atoms with Crippen LogP contribution in [0.15, 0.2) is 54.6 Å². The van der Waals surface area contributed by atoms with E-state index in [1.54, 1.807) is 0 Å². The van der Waals surface area contributed by atoms with Gasteiger partial charge in [0.25, 0.3) is 0 Å². The number of sulfone groups is 1. The summed E-state index contributed by atoms with van der Waals surface area (Å²) in [5.41, 5.74) is 3.36. The van der Waals surface area contributed by atoms with Crippen LogP contribution in [0.3, 0.4) is 0 Å². The third kappa shape index (κ3) is 7.72. The van der Waals surface area contributed by atoms with E-state index in [2.05, 4.69) is 17.4 Å². The summed E-state index contributed by atoms with van der Waals surface area (Å²) in [5.74, 6) is 0.176. The Bertz CT molecular complexity index is 835. The van der Waals surface area contributed by atoms with E-state index in [9.17, 15) is 8.42 Å². The monoisotopic (exact) mass is 439 g/mol. The van der Waals surface area contributed by atoms with Crippen LogP contribution in [-0.4, -0.2) is 46.3 Å². The Hall–Kier alpha value is -1.44. The van der Waals surface area contributed by atoms with E-state index in [1.165, 1.54) is 6.26 Å². The highest BCUT2D eigenvalue weighted by Gasteiger charge is 2.23. The molecule has 5 nitrogen and oxygen atoms in total. The number of hydrogen-bond acceptors (Lipinski definition) is 5. The van der Waals surface area contributed by atoms with Gasteiger partial charge >= 0.3 is 0 Å². The fourth-order valence-electron chi connectivity index (χ4n) is 3.41. The predicted octanol–water partition coefficient (Wildman–Crippen LogP) is 3.50. The molecule has 1 aliphatic rings. The van der Waals surface area contributed by atoms with Gasteiger partial charge in [-0.3, -0.25) is 0 Å². The Morgan fingerprint density at radius 3 is 2.31 bits per heavy atom. The number of rotatable bonds is 8. The molecule has 2 unspecified atom stereocenters. The van der Waals surface area contributed by atoms with Gasteiger partial charge in [-0.05, 0) is 22.6 Å². The van der Waals surface area contributed by atoms with Gasteiger partial charge in [0, 0.05) is 19.3 Å². The minimum atomic E-state index is -2.97. The molecule has 0 aromatic heterocycles. The number of benzene rings is 2. The number of hydrogen-bond donors (Lipinski definition) is 1. The molecule has 0 radical (unpaired) electrons. The summed E-state index contributed by atoms with van der Waals surface area (Å²) in [6.45, 7) is 4.56. The van der Waals surface area contributed by atoms with Crippen LogP contribution < -0.4 is 5.32 Å². The molecule has 0 bridgehead atoms. The number of nitrogens with one attached hydrogen (secondary N) is 1. The van der Waals surface area contributed by atoms with E-state index < -0.39 is 9.84 Å². The Labute approximate surface area is 180 Å². The molecule has 1 aliphatic heterocycles. The highest BCUT2D eigenvalue weighted by atomic mass is 35.5. The topological polar surface area (TPSA) is 64.6 Å². The van der Waals surface area contributed by atoms with Gasteiger partial charge in [0.2, 0.25) is 0 Å². The first kappa shape index (κ1) is 23.8. The van der Waals surface area contributed by atoms with E-state index in [0.717, 1.165) is 29.8 Å². The van der Waals surface area contributed by atoms with Crippen molar-refractivity contribution in [3.05, 3.63) is 71.3 Å². The first-order valence-electron chi connectivity index (χ1n) is 9.66. The van der Waals surface area contributed by atoms with Crippen LogP contribution in [0.1, 0.15) is 35.6 Å². The zero-order chi connectivity index (χ0) is 20.0. The summed E-state index contributed by atoms with van der Waals surface area (Å²) < 4.78 is 34.8. The van der Waals surface area contributed by atoms with Crippen molar-refractivity contribution >= 4 is 22.2 Å². The highest BCUT2D eigenvalue weighted by molar-refractivity contribution is 7.90. The maximum atomic E-state index is 11.4. The fourth-order valence-corrected chi connectivity index (χ4v) is 4.51. The van der Waals surface area contributed by atoms with Gasteiger partial charge in [0.1, 0.15) is 15.9 Å². The second kappa shape index (κ2) is 11.1. The largest absolute Gasteiger partial charge is 0.371 e. The predicted molar refractivity (Wildman–Crippen MR) is 118 cm³/mol. The van der Waals surface area contributed by atoms with Gasteiger partial charge in [-0.2, -0.15) is 0 Å². The van der Waals surface area contributed by atoms with Crippen molar-refractivity contribution in [3.8, 4) is 0 Å². The molecule has 0 aliphatic carbocycles. The van der Waals surface area contributed by atoms with Crippen molar-refractivity contribution in [1.82, 2.24) is 5.32 Å². The normalized spacial score (nSPS) is 20.6. The third-order valence-electron chi connectivity index (χ3n) is 4.94. The Kier molecular flexibility index (Phi) is 9.11. The van der Waals surface area contributed by atoms with E-state index >= 15 is 0 Å². The van der Waals surface area contributed by atoms with Crippen LogP contribution in [-0.2, 0) is 25.9 Å². The fraction of sp³-hybridized carbons (Fsp3) is 0.455. The van der Waals surface area contributed by atoms with Crippen molar-refractivity contribution < 1.29 is 17.9 Å². The van der Waals surface area contributed by atoms with E-state index in [1.807, 2.05) is 49.4 Å². The van der Waals surface area contributed by atoms with Crippen LogP contribution in [0.25, 0.3) is 0 Å². The highest BCUT2D eigenvalue weighted by Crippen LogP contribution is 2.22. The van der Waals surface area contributed by atoms with Crippen molar-refractivity contribution in [2.24, 2.45) is 0 Å². The maximum Gasteiger partial charge on any atom is 0.148 e. The van der Waals surface area contributed by atoms with Gasteiger partial charge in [-0.25, -0.2) is 8.42 Å². The quantitative estimate of drug-likeness (QED) is 0.681. The Balaban J connectivity index is 0.00000300. The molecular weight excluding hydrogens is 410 g/mol. The van der Waals surface area contributed by atoms with Gasteiger partial charge in [0.15, 0.2) is 0 Å². The lowest BCUT2D eigenvalue weighted by Crippen LogP contribution is -2.38. The Morgan fingerprint density at radius 1 is 1.03 bits per heavy atom. The molecule has 7 heteroatoms. The minimum Gasteiger partial charge on any atom is -0.371 e. The Morgan fingerprint density at radius 2 is 1.72 bits per heavy atom. The van der Waals surface area contributed by atoms with E-state index in [4.69, 9.17) is 9.47 Å². The van der Waals surface area contributed by atoms with Gasteiger partial charge in [0.05, 0.1) is 25.1 Å². The molecule has 1 fully saturated rings. The molecule has 0 amide bonds. The third-order valence-corrected chi connectivity index (χ3v) is 6.05. The van der Waals surface area contributed by atoms with Crippen molar-refractivity contribution in [3.63, 3.8) is 0 Å². The smallest absolute Gasteiger partial charge is 0.148 e. The van der Waals surface area contributed by atoms with Crippen LogP contribution >= 0.6 is 12.4 Å². The molecule has 3 rings (SSSR count). The molecule has 2 aromatic rings. The first-order chi connectivity index (χ1) is 13.4. The zero-order valence-electron chi connectivity index (χ0n) is 16.9. The molecule has 29 heavy (non-hydrogen) atoms. The molecule has 0 spiro atoms. The summed E-state index contributed by atoms with van der Waals surface area (Å²) in [6.07, 6.45) is 1.34. The molecule has 1 heterocycles. The molecule has 160 valence electrons. The summed E-state index contributed by atoms with van der Waals surface area (Å²) in [5, 5.41) is 3.41. The summed E-state index contributed by atoms with van der Waals surface area (Å²) >= 11 is 0. The van der Waals surface area contributed by atoms with Crippen LogP contribution in [0.4, 0.5) is 0 Å². The summed E-state index contributed by atoms with van der Waals surface area (Å²) in [4.78, 5) is 0. The van der Waals surface area contributed by atoms with Crippen LogP contribution in [0, 0.1) is 0 Å². The van der Waals surface area contributed by atoms with Gasteiger partial charge < -0.3 is 14.8 Å². The SMILES string of the molecule is C[C@@H](CS(C)(=O)=O)c1ccc(CNCC2COC(c3ccccc3)CO2)cc1.Cl. The maximum absolute atomic E-state index is 11.4. The summed E-state index contributed by atoms with van der Waals surface area (Å²) in [6, 6.07) is 18.3. The average Bonchev–Trinajstić information content (AvgIpc) is 2.68. The van der Waals surface area contributed by atoms with Crippen molar-refractivity contribution in [1.29, 1.82) is 0 Å². The lowest BCUT2D eigenvalue weighted by Gasteiger charge is -2.30. The van der Waals surface area contributed by atoms with Gasteiger partial charge in [-0.15, -0.1) is 12.4 Å².